The van der Waals surface area contributed by atoms with E-state index in [1.54, 1.807) is 0 Å². The summed E-state index contributed by atoms with van der Waals surface area (Å²) in [5, 5.41) is 6.94. The van der Waals surface area contributed by atoms with Gasteiger partial charge in [-0.3, -0.25) is 9.89 Å². The van der Waals surface area contributed by atoms with Gasteiger partial charge in [-0.25, -0.2) is 0 Å². The molecule has 0 aromatic carbocycles. The van der Waals surface area contributed by atoms with Gasteiger partial charge < -0.3 is 15.4 Å². The van der Waals surface area contributed by atoms with Crippen LogP contribution in [0, 0.1) is 11.3 Å². The molecule has 1 aliphatic heterocycles. The Morgan fingerprint density at radius 3 is 2.29 bits per heavy atom. The zero-order valence-corrected chi connectivity index (χ0v) is 18.9. The van der Waals surface area contributed by atoms with Crippen LogP contribution in [0.3, 0.4) is 0 Å². The van der Waals surface area contributed by atoms with Crippen LogP contribution in [0.2, 0.25) is 0 Å². The molecule has 0 aliphatic carbocycles. The highest BCUT2D eigenvalue weighted by molar-refractivity contribution is 14.0. The Balaban J connectivity index is 0.00000529. The maximum Gasteiger partial charge on any atom is 0.191 e. The smallest absolute Gasteiger partial charge is 0.191 e. The highest BCUT2D eigenvalue weighted by Gasteiger charge is 2.23. The number of morpholine rings is 1. The van der Waals surface area contributed by atoms with E-state index in [2.05, 4.69) is 55.1 Å². The molecule has 0 radical (unpaired) electrons. The number of hydrogen-bond donors (Lipinski definition) is 2. The van der Waals surface area contributed by atoms with E-state index >= 15 is 0 Å². The number of hydrogen-bond acceptors (Lipinski definition) is 3. The number of ether oxygens (including phenoxy) is 1. The lowest BCUT2D eigenvalue weighted by atomic mass is 9.91. The van der Waals surface area contributed by atoms with Crippen molar-refractivity contribution in [2.24, 2.45) is 16.3 Å². The first kappa shape index (κ1) is 23.9. The fraction of sp³-hybridized carbons (Fsp3) is 0.944. The Bertz CT molecular complexity index is 349. The van der Waals surface area contributed by atoms with Crippen LogP contribution in [-0.4, -0.2) is 63.3 Å². The molecule has 2 N–H and O–H groups in total. The topological polar surface area (TPSA) is 48.9 Å². The number of aliphatic imine (C=N–C) groups is 1. The molecule has 0 spiro atoms. The summed E-state index contributed by atoms with van der Waals surface area (Å²) in [5.74, 6) is 1.53. The van der Waals surface area contributed by atoms with Crippen molar-refractivity contribution in [2.75, 3.05) is 46.4 Å². The Kier molecular flexibility index (Phi) is 12.3. The molecule has 24 heavy (non-hydrogen) atoms. The van der Waals surface area contributed by atoms with E-state index in [0.29, 0.717) is 17.4 Å². The summed E-state index contributed by atoms with van der Waals surface area (Å²) in [5.41, 5.74) is 0.400. The van der Waals surface area contributed by atoms with Gasteiger partial charge in [-0.05, 0) is 24.2 Å². The van der Waals surface area contributed by atoms with Crippen LogP contribution >= 0.6 is 24.0 Å². The first-order valence-corrected chi connectivity index (χ1v) is 9.10. The number of nitrogens with zero attached hydrogens (tertiary/aromatic N) is 2. The van der Waals surface area contributed by atoms with Crippen molar-refractivity contribution in [3.63, 3.8) is 0 Å². The molecule has 6 heteroatoms. The SMILES string of the molecule is CN=C(NCCCC(C)(C)C)NCC(C(C)C)N1CCOCC1.I. The maximum atomic E-state index is 5.47. The summed E-state index contributed by atoms with van der Waals surface area (Å²) in [7, 11) is 1.85. The summed E-state index contributed by atoms with van der Waals surface area (Å²) in [6.45, 7) is 17.1. The van der Waals surface area contributed by atoms with Gasteiger partial charge in [0.1, 0.15) is 0 Å². The molecule has 0 aromatic rings. The number of rotatable bonds is 7. The van der Waals surface area contributed by atoms with Gasteiger partial charge in [-0.2, -0.15) is 0 Å². The monoisotopic (exact) mass is 454 g/mol. The van der Waals surface area contributed by atoms with E-state index in [0.717, 1.165) is 45.4 Å². The van der Waals surface area contributed by atoms with Crippen LogP contribution in [0.4, 0.5) is 0 Å². The average Bonchev–Trinajstić information content (AvgIpc) is 2.49. The predicted molar refractivity (Wildman–Crippen MR) is 114 cm³/mol. The van der Waals surface area contributed by atoms with Crippen LogP contribution in [0.1, 0.15) is 47.5 Å². The van der Waals surface area contributed by atoms with Gasteiger partial charge in [0, 0.05) is 39.3 Å². The summed E-state index contributed by atoms with van der Waals surface area (Å²) >= 11 is 0. The molecule has 144 valence electrons. The maximum absolute atomic E-state index is 5.47. The highest BCUT2D eigenvalue weighted by atomic mass is 127. The van der Waals surface area contributed by atoms with Gasteiger partial charge >= 0.3 is 0 Å². The molecule has 5 nitrogen and oxygen atoms in total. The average molecular weight is 454 g/mol. The van der Waals surface area contributed by atoms with E-state index in [-0.39, 0.29) is 24.0 Å². The molecule has 1 unspecified atom stereocenters. The van der Waals surface area contributed by atoms with Gasteiger partial charge in [0.2, 0.25) is 0 Å². The molecule has 0 aromatic heterocycles. The number of halogens is 1. The van der Waals surface area contributed by atoms with Crippen LogP contribution in [-0.2, 0) is 4.74 Å². The van der Waals surface area contributed by atoms with Crippen LogP contribution in [0.15, 0.2) is 4.99 Å². The fourth-order valence-electron chi connectivity index (χ4n) is 2.94. The largest absolute Gasteiger partial charge is 0.379 e. The standard InChI is InChI=1S/C18H38N4O.HI/c1-15(2)16(22-10-12-23-13-11-22)14-21-17(19-6)20-9-7-8-18(3,4)5;/h15-16H,7-14H2,1-6H3,(H2,19,20,21);1H. The van der Waals surface area contributed by atoms with Crippen molar-refractivity contribution in [3.8, 4) is 0 Å². The van der Waals surface area contributed by atoms with E-state index in [4.69, 9.17) is 4.74 Å². The number of nitrogens with one attached hydrogen (secondary N) is 2. The Hall–Kier alpha value is -0.0800. The minimum atomic E-state index is 0. The molecule has 1 atom stereocenters. The Morgan fingerprint density at radius 2 is 1.79 bits per heavy atom. The summed E-state index contributed by atoms with van der Waals surface area (Å²) in [6.07, 6.45) is 2.39. The lowest BCUT2D eigenvalue weighted by molar-refractivity contribution is 0.00752. The summed E-state index contributed by atoms with van der Waals surface area (Å²) < 4.78 is 5.47. The highest BCUT2D eigenvalue weighted by Crippen LogP contribution is 2.19. The van der Waals surface area contributed by atoms with Crippen LogP contribution < -0.4 is 10.6 Å². The molecular weight excluding hydrogens is 415 g/mol. The zero-order chi connectivity index (χ0) is 17.3. The molecule has 0 amide bonds. The second-order valence-electron chi connectivity index (χ2n) is 8.00. The summed E-state index contributed by atoms with van der Waals surface area (Å²) in [6, 6.07) is 0.520. The zero-order valence-electron chi connectivity index (χ0n) is 16.5. The second-order valence-corrected chi connectivity index (χ2v) is 8.00. The molecule has 0 saturated carbocycles. The lowest BCUT2D eigenvalue weighted by Gasteiger charge is -2.37. The first-order chi connectivity index (χ1) is 10.8. The van der Waals surface area contributed by atoms with Crippen molar-refractivity contribution in [3.05, 3.63) is 0 Å². The van der Waals surface area contributed by atoms with Crippen molar-refractivity contribution < 1.29 is 4.74 Å². The second kappa shape index (κ2) is 12.3. The van der Waals surface area contributed by atoms with Gasteiger partial charge in [-0.1, -0.05) is 34.6 Å². The molecule has 1 fully saturated rings. The third-order valence-electron chi connectivity index (χ3n) is 4.38. The summed E-state index contributed by atoms with van der Waals surface area (Å²) in [4.78, 5) is 6.89. The normalized spacial score (nSPS) is 18.2. The quantitative estimate of drug-likeness (QED) is 0.269. The Labute approximate surface area is 166 Å². The molecular formula is C18H39IN4O. The fourth-order valence-corrected chi connectivity index (χ4v) is 2.94. The minimum absolute atomic E-state index is 0. The molecule has 1 saturated heterocycles. The van der Waals surface area contributed by atoms with Crippen molar-refractivity contribution in [2.45, 2.75) is 53.5 Å². The van der Waals surface area contributed by atoms with Crippen molar-refractivity contribution in [1.82, 2.24) is 15.5 Å². The van der Waals surface area contributed by atoms with Gasteiger partial charge in [-0.15, -0.1) is 24.0 Å². The van der Waals surface area contributed by atoms with E-state index in [9.17, 15) is 0 Å². The molecule has 1 rings (SSSR count). The van der Waals surface area contributed by atoms with Gasteiger partial charge in [0.05, 0.1) is 13.2 Å². The van der Waals surface area contributed by atoms with E-state index < -0.39 is 0 Å². The third-order valence-corrected chi connectivity index (χ3v) is 4.38. The van der Waals surface area contributed by atoms with Crippen LogP contribution in [0.25, 0.3) is 0 Å². The molecule has 1 aliphatic rings. The predicted octanol–water partition coefficient (Wildman–Crippen LogP) is 2.95. The van der Waals surface area contributed by atoms with Crippen molar-refractivity contribution >= 4 is 29.9 Å². The van der Waals surface area contributed by atoms with E-state index in [1.807, 2.05) is 7.05 Å². The minimum Gasteiger partial charge on any atom is -0.379 e. The van der Waals surface area contributed by atoms with Gasteiger partial charge in [0.15, 0.2) is 5.96 Å². The number of guanidine groups is 1. The van der Waals surface area contributed by atoms with Crippen LogP contribution in [0.5, 0.6) is 0 Å². The molecule has 1 heterocycles. The molecule has 0 bridgehead atoms. The Morgan fingerprint density at radius 1 is 1.17 bits per heavy atom. The first-order valence-electron chi connectivity index (χ1n) is 9.10. The van der Waals surface area contributed by atoms with Gasteiger partial charge in [0.25, 0.3) is 0 Å². The third kappa shape index (κ3) is 10.0. The van der Waals surface area contributed by atoms with E-state index in [1.165, 1.54) is 12.8 Å². The lowest BCUT2D eigenvalue weighted by Crippen LogP contribution is -2.52. The van der Waals surface area contributed by atoms with Crippen molar-refractivity contribution in [1.29, 1.82) is 0 Å².